The molecule has 0 aliphatic heterocycles. The maximum absolute atomic E-state index is 5.97. The van der Waals surface area contributed by atoms with Gasteiger partial charge in [-0.05, 0) is 47.0 Å². The molecule has 0 radical (unpaired) electrons. The molecule has 0 unspecified atom stereocenters. The summed E-state index contributed by atoms with van der Waals surface area (Å²) in [6, 6.07) is 1.74. The Balaban J connectivity index is 0.00000400. The Morgan fingerprint density at radius 3 is 2.24 bits per heavy atom. The van der Waals surface area contributed by atoms with E-state index in [9.17, 15) is 0 Å². The van der Waals surface area contributed by atoms with Gasteiger partial charge in [-0.3, -0.25) is 9.89 Å². The number of nitrogens with one attached hydrogen (secondary N) is 1. The van der Waals surface area contributed by atoms with E-state index >= 15 is 0 Å². The summed E-state index contributed by atoms with van der Waals surface area (Å²) in [6.07, 6.45) is 7.57. The molecule has 0 spiro atoms. The van der Waals surface area contributed by atoms with Gasteiger partial charge in [0.1, 0.15) is 0 Å². The summed E-state index contributed by atoms with van der Waals surface area (Å²) in [6.45, 7) is 10.9. The molecule has 1 fully saturated rings. The van der Waals surface area contributed by atoms with Crippen LogP contribution in [0.4, 0.5) is 0 Å². The minimum atomic E-state index is 0. The van der Waals surface area contributed by atoms with E-state index in [0.29, 0.717) is 24.1 Å². The quantitative estimate of drug-likeness (QED) is 0.293. The minimum absolute atomic E-state index is 0. The lowest BCUT2D eigenvalue weighted by atomic mass is 9.96. The van der Waals surface area contributed by atoms with Crippen molar-refractivity contribution >= 4 is 29.9 Å². The summed E-state index contributed by atoms with van der Waals surface area (Å²) in [4.78, 5) is 6.97. The molecule has 0 atom stereocenters. The van der Waals surface area contributed by atoms with Crippen LogP contribution in [0.2, 0.25) is 0 Å². The lowest BCUT2D eigenvalue weighted by molar-refractivity contribution is 0.174. The zero-order valence-corrected chi connectivity index (χ0v) is 16.6. The second kappa shape index (κ2) is 11.5. The Kier molecular flexibility index (Phi) is 11.5. The number of aliphatic imine (C=N–C) groups is 1. The molecule has 0 bridgehead atoms. The number of rotatable bonds is 7. The van der Waals surface area contributed by atoms with E-state index in [4.69, 9.17) is 5.73 Å². The average molecular weight is 410 g/mol. The van der Waals surface area contributed by atoms with Crippen LogP contribution in [0.3, 0.4) is 0 Å². The van der Waals surface area contributed by atoms with Crippen LogP contribution < -0.4 is 11.1 Å². The maximum Gasteiger partial charge on any atom is 0.188 e. The van der Waals surface area contributed by atoms with Gasteiger partial charge in [0.25, 0.3) is 0 Å². The van der Waals surface area contributed by atoms with Crippen molar-refractivity contribution < 1.29 is 0 Å². The maximum atomic E-state index is 5.97. The fourth-order valence-corrected chi connectivity index (χ4v) is 3.07. The number of nitrogens with zero attached hydrogens (tertiary/aromatic N) is 2. The summed E-state index contributed by atoms with van der Waals surface area (Å²) in [5.74, 6) is 0.637. The molecule has 1 aliphatic rings. The molecule has 0 heterocycles. The third-order valence-corrected chi connectivity index (χ3v) is 4.14. The number of hydrogen-bond donors (Lipinski definition) is 2. The fraction of sp³-hybridized carbons (Fsp3) is 0.938. The lowest BCUT2D eigenvalue weighted by Gasteiger charge is -2.30. The van der Waals surface area contributed by atoms with Gasteiger partial charge in [-0.25, -0.2) is 0 Å². The molecule has 4 nitrogen and oxygen atoms in total. The molecule has 1 saturated carbocycles. The zero-order chi connectivity index (χ0) is 15.0. The van der Waals surface area contributed by atoms with Crippen LogP contribution >= 0.6 is 24.0 Å². The van der Waals surface area contributed by atoms with Crippen molar-refractivity contribution in [2.24, 2.45) is 10.7 Å². The van der Waals surface area contributed by atoms with Gasteiger partial charge in [0.15, 0.2) is 5.96 Å². The molecule has 1 aliphatic carbocycles. The van der Waals surface area contributed by atoms with Crippen LogP contribution in [0.1, 0.15) is 66.2 Å². The molecule has 5 heteroatoms. The van der Waals surface area contributed by atoms with Crippen molar-refractivity contribution in [2.45, 2.75) is 84.3 Å². The van der Waals surface area contributed by atoms with Gasteiger partial charge >= 0.3 is 0 Å². The molecule has 0 aromatic carbocycles. The highest BCUT2D eigenvalue weighted by molar-refractivity contribution is 14.0. The van der Waals surface area contributed by atoms with E-state index in [1.54, 1.807) is 0 Å². The van der Waals surface area contributed by atoms with Crippen LogP contribution in [-0.2, 0) is 0 Å². The molecule has 0 amide bonds. The molecule has 126 valence electrons. The Morgan fingerprint density at radius 1 is 1.14 bits per heavy atom. The van der Waals surface area contributed by atoms with Gasteiger partial charge in [0.05, 0.1) is 0 Å². The van der Waals surface area contributed by atoms with Crippen molar-refractivity contribution in [1.29, 1.82) is 0 Å². The largest absolute Gasteiger partial charge is 0.370 e. The van der Waals surface area contributed by atoms with Gasteiger partial charge in [0, 0.05) is 31.2 Å². The predicted molar refractivity (Wildman–Crippen MR) is 104 cm³/mol. The standard InChI is InChI=1S/C16H34N4.HI/c1-13(2)20(14(3)4)12-8-11-18-16(17)19-15-9-6-5-7-10-15;/h13-15H,5-12H2,1-4H3,(H3,17,18,19);1H. The first-order chi connectivity index (χ1) is 9.50. The third kappa shape index (κ3) is 8.86. The molecule has 0 aromatic rings. The Bertz CT molecular complexity index is 278. The van der Waals surface area contributed by atoms with Crippen molar-refractivity contribution in [3.63, 3.8) is 0 Å². The highest BCUT2D eigenvalue weighted by atomic mass is 127. The fourth-order valence-electron chi connectivity index (χ4n) is 3.07. The first-order valence-electron chi connectivity index (χ1n) is 8.33. The van der Waals surface area contributed by atoms with Crippen LogP contribution in [0, 0.1) is 0 Å². The summed E-state index contributed by atoms with van der Waals surface area (Å²) < 4.78 is 0. The Morgan fingerprint density at radius 2 is 1.71 bits per heavy atom. The normalized spacial score (nSPS) is 17.4. The third-order valence-electron chi connectivity index (χ3n) is 4.14. The molecule has 1 rings (SSSR count). The summed E-state index contributed by atoms with van der Waals surface area (Å²) in [5.41, 5.74) is 5.97. The van der Waals surface area contributed by atoms with Crippen molar-refractivity contribution in [1.82, 2.24) is 10.2 Å². The second-order valence-corrected chi connectivity index (χ2v) is 6.53. The zero-order valence-electron chi connectivity index (χ0n) is 14.3. The van der Waals surface area contributed by atoms with E-state index in [-0.39, 0.29) is 24.0 Å². The number of hydrogen-bond acceptors (Lipinski definition) is 2. The smallest absolute Gasteiger partial charge is 0.188 e. The van der Waals surface area contributed by atoms with Gasteiger partial charge in [-0.15, -0.1) is 24.0 Å². The van der Waals surface area contributed by atoms with Crippen molar-refractivity contribution in [3.8, 4) is 0 Å². The number of guanidine groups is 1. The van der Waals surface area contributed by atoms with Gasteiger partial charge in [0.2, 0.25) is 0 Å². The summed E-state index contributed by atoms with van der Waals surface area (Å²) in [5, 5.41) is 3.37. The molecule has 0 saturated heterocycles. The second-order valence-electron chi connectivity index (χ2n) is 6.53. The monoisotopic (exact) mass is 410 g/mol. The lowest BCUT2D eigenvalue weighted by Crippen LogP contribution is -2.41. The number of nitrogens with two attached hydrogens (primary N) is 1. The summed E-state index contributed by atoms with van der Waals surface area (Å²) >= 11 is 0. The molecule has 21 heavy (non-hydrogen) atoms. The van der Waals surface area contributed by atoms with Crippen LogP contribution in [0.15, 0.2) is 4.99 Å². The predicted octanol–water partition coefficient (Wildman–Crippen LogP) is 3.35. The molecule has 3 N–H and O–H groups in total. The highest BCUT2D eigenvalue weighted by Gasteiger charge is 2.14. The van der Waals surface area contributed by atoms with E-state index in [1.165, 1.54) is 32.1 Å². The van der Waals surface area contributed by atoms with Crippen LogP contribution in [0.5, 0.6) is 0 Å². The van der Waals surface area contributed by atoms with Crippen molar-refractivity contribution in [2.75, 3.05) is 13.1 Å². The molecule has 0 aromatic heterocycles. The van der Waals surface area contributed by atoms with E-state index < -0.39 is 0 Å². The van der Waals surface area contributed by atoms with Crippen LogP contribution in [-0.4, -0.2) is 42.1 Å². The average Bonchev–Trinajstić information content (AvgIpc) is 2.38. The van der Waals surface area contributed by atoms with E-state index in [0.717, 1.165) is 19.5 Å². The first-order valence-corrected chi connectivity index (χ1v) is 8.33. The van der Waals surface area contributed by atoms with Gasteiger partial charge < -0.3 is 11.1 Å². The highest BCUT2D eigenvalue weighted by Crippen LogP contribution is 2.17. The number of halogens is 1. The molecular weight excluding hydrogens is 375 g/mol. The van der Waals surface area contributed by atoms with E-state index in [1.807, 2.05) is 0 Å². The van der Waals surface area contributed by atoms with Gasteiger partial charge in [-0.1, -0.05) is 19.3 Å². The van der Waals surface area contributed by atoms with Crippen molar-refractivity contribution in [3.05, 3.63) is 0 Å². The van der Waals surface area contributed by atoms with Gasteiger partial charge in [-0.2, -0.15) is 0 Å². The first kappa shape index (κ1) is 21.0. The summed E-state index contributed by atoms with van der Waals surface area (Å²) in [7, 11) is 0. The Hall–Kier alpha value is -0.0400. The SMILES string of the molecule is CC(C)N(CCCN=C(N)NC1CCCCC1)C(C)C.I. The molecular formula is C16H35IN4. The van der Waals surface area contributed by atoms with Crippen LogP contribution in [0.25, 0.3) is 0 Å². The topological polar surface area (TPSA) is 53.6 Å². The Labute approximate surface area is 148 Å². The van der Waals surface area contributed by atoms with E-state index in [2.05, 4.69) is 42.9 Å². The minimum Gasteiger partial charge on any atom is -0.370 e.